The van der Waals surface area contributed by atoms with Crippen LogP contribution in [0.1, 0.15) is 5.56 Å². The van der Waals surface area contributed by atoms with E-state index in [4.69, 9.17) is 4.74 Å². The van der Waals surface area contributed by atoms with Crippen molar-refractivity contribution in [3.05, 3.63) is 66.2 Å². The second kappa shape index (κ2) is 7.13. The Morgan fingerprint density at radius 3 is 2.35 bits per heavy atom. The number of rotatable bonds is 3. The Balaban J connectivity index is 1.54. The lowest BCUT2D eigenvalue weighted by Crippen LogP contribution is -2.53. The van der Waals surface area contributed by atoms with Crippen LogP contribution in [0.5, 0.6) is 0 Å². The predicted octanol–water partition coefficient (Wildman–Crippen LogP) is 3.44. The van der Waals surface area contributed by atoms with Gasteiger partial charge in [-0.3, -0.25) is 4.90 Å². The number of para-hydroxylation sites is 1. The van der Waals surface area contributed by atoms with Crippen LogP contribution in [0, 0.1) is 0 Å². The molecule has 5 heteroatoms. The number of hydrogen-bond acceptors (Lipinski definition) is 3. The number of ether oxygens (including phenoxy) is 1. The predicted molar refractivity (Wildman–Crippen MR) is 86.9 cm³/mol. The van der Waals surface area contributed by atoms with Gasteiger partial charge in [0.1, 0.15) is 6.61 Å². The lowest BCUT2D eigenvalue weighted by Gasteiger charge is -2.37. The molecule has 0 spiro atoms. The summed E-state index contributed by atoms with van der Waals surface area (Å²) in [6, 6.07) is 19.0. The summed E-state index contributed by atoms with van der Waals surface area (Å²) in [6.45, 7) is 1.21. The number of benzene rings is 2. The molecule has 2 aromatic rings. The highest BCUT2D eigenvalue weighted by Crippen LogP contribution is 2.20. The van der Waals surface area contributed by atoms with Crippen molar-refractivity contribution in [3.8, 4) is 0 Å². The Morgan fingerprint density at radius 2 is 1.70 bits per heavy atom. The molecule has 120 valence electrons. The number of amides is 1. The normalized spacial score (nSPS) is 17.9. The van der Waals surface area contributed by atoms with Crippen molar-refractivity contribution in [3.63, 3.8) is 0 Å². The van der Waals surface area contributed by atoms with Crippen LogP contribution in [0.2, 0.25) is 0 Å². The van der Waals surface area contributed by atoms with E-state index in [2.05, 4.69) is 0 Å². The number of anilines is 1. The maximum Gasteiger partial charge on any atom is 0.412 e. The molecule has 0 saturated carbocycles. The molecular formula is C18H19FN2O2. The molecule has 1 aliphatic heterocycles. The van der Waals surface area contributed by atoms with Crippen molar-refractivity contribution in [2.45, 2.75) is 12.9 Å². The summed E-state index contributed by atoms with van der Waals surface area (Å²) >= 11 is 0. The molecule has 0 radical (unpaired) electrons. The molecule has 1 heterocycles. The molecule has 0 N–H and O–H groups in total. The van der Waals surface area contributed by atoms with E-state index in [-0.39, 0.29) is 13.2 Å². The molecule has 1 unspecified atom stereocenters. The molecule has 1 saturated heterocycles. The molecule has 4 nitrogen and oxygen atoms in total. The second-order valence-corrected chi connectivity index (χ2v) is 5.45. The maximum atomic E-state index is 14.3. The molecule has 1 amide bonds. The Kier molecular flexibility index (Phi) is 4.76. The van der Waals surface area contributed by atoms with Gasteiger partial charge in [-0.05, 0) is 17.7 Å². The van der Waals surface area contributed by atoms with Gasteiger partial charge in [-0.1, -0.05) is 48.5 Å². The minimum Gasteiger partial charge on any atom is -0.444 e. The second-order valence-electron chi connectivity index (χ2n) is 5.45. The Labute approximate surface area is 135 Å². The van der Waals surface area contributed by atoms with Crippen molar-refractivity contribution in [1.29, 1.82) is 0 Å². The molecule has 3 rings (SSSR count). The van der Waals surface area contributed by atoms with Crippen molar-refractivity contribution < 1.29 is 13.9 Å². The van der Waals surface area contributed by atoms with E-state index >= 15 is 0 Å². The van der Waals surface area contributed by atoms with Gasteiger partial charge in [0.25, 0.3) is 0 Å². The summed E-state index contributed by atoms with van der Waals surface area (Å²) in [5.41, 5.74) is 1.85. The highest BCUT2D eigenvalue weighted by atomic mass is 19.1. The van der Waals surface area contributed by atoms with Gasteiger partial charge in [0.15, 0.2) is 6.30 Å². The molecule has 0 aromatic heterocycles. The average Bonchev–Trinajstić information content (AvgIpc) is 2.61. The smallest absolute Gasteiger partial charge is 0.412 e. The van der Waals surface area contributed by atoms with Crippen molar-refractivity contribution in [2.24, 2.45) is 0 Å². The van der Waals surface area contributed by atoms with E-state index in [1.807, 2.05) is 65.6 Å². The zero-order chi connectivity index (χ0) is 16.1. The molecule has 0 bridgehead atoms. The van der Waals surface area contributed by atoms with Crippen LogP contribution in [0.4, 0.5) is 14.9 Å². The van der Waals surface area contributed by atoms with Gasteiger partial charge >= 0.3 is 6.09 Å². The molecule has 1 atom stereocenters. The number of hydrogen-bond donors (Lipinski definition) is 0. The molecule has 1 fully saturated rings. The minimum absolute atomic E-state index is 0.157. The largest absolute Gasteiger partial charge is 0.444 e. The van der Waals surface area contributed by atoms with Crippen LogP contribution < -0.4 is 4.90 Å². The SMILES string of the molecule is O=C(OCc1ccccc1)N1CCN(c2ccccc2)CC1F. The van der Waals surface area contributed by atoms with Crippen LogP contribution in [0.15, 0.2) is 60.7 Å². The lowest BCUT2D eigenvalue weighted by atomic mass is 10.2. The third-order valence-corrected chi connectivity index (χ3v) is 3.88. The van der Waals surface area contributed by atoms with Crippen LogP contribution in [0.3, 0.4) is 0 Å². The molecule has 1 aliphatic rings. The maximum absolute atomic E-state index is 14.3. The number of carbonyl (C=O) groups excluding carboxylic acids is 1. The number of alkyl halides is 1. The fourth-order valence-corrected chi connectivity index (χ4v) is 2.62. The van der Waals surface area contributed by atoms with E-state index in [1.54, 1.807) is 0 Å². The van der Waals surface area contributed by atoms with E-state index in [0.29, 0.717) is 13.1 Å². The van der Waals surface area contributed by atoms with Gasteiger partial charge in [-0.2, -0.15) is 0 Å². The number of halogens is 1. The van der Waals surface area contributed by atoms with Gasteiger partial charge in [0.2, 0.25) is 0 Å². The Hall–Kier alpha value is -2.56. The molecular weight excluding hydrogens is 295 g/mol. The Morgan fingerprint density at radius 1 is 1.04 bits per heavy atom. The topological polar surface area (TPSA) is 32.8 Å². The first kappa shape index (κ1) is 15.3. The highest BCUT2D eigenvalue weighted by Gasteiger charge is 2.31. The van der Waals surface area contributed by atoms with Crippen LogP contribution in [-0.4, -0.2) is 36.9 Å². The first-order valence-electron chi connectivity index (χ1n) is 7.65. The summed E-state index contributed by atoms with van der Waals surface area (Å²) in [5, 5.41) is 0. The number of piperazine rings is 1. The van der Waals surface area contributed by atoms with Crippen LogP contribution >= 0.6 is 0 Å². The fraction of sp³-hybridized carbons (Fsp3) is 0.278. The highest BCUT2D eigenvalue weighted by molar-refractivity contribution is 5.68. The fourth-order valence-electron chi connectivity index (χ4n) is 2.62. The number of carbonyl (C=O) groups is 1. The molecule has 0 aliphatic carbocycles. The summed E-state index contributed by atoms with van der Waals surface area (Å²) in [7, 11) is 0. The summed E-state index contributed by atoms with van der Waals surface area (Å²) < 4.78 is 19.6. The zero-order valence-corrected chi connectivity index (χ0v) is 12.8. The van der Waals surface area contributed by atoms with Crippen molar-refractivity contribution >= 4 is 11.8 Å². The van der Waals surface area contributed by atoms with Crippen LogP contribution in [0.25, 0.3) is 0 Å². The van der Waals surface area contributed by atoms with E-state index in [1.165, 1.54) is 0 Å². The first-order valence-corrected chi connectivity index (χ1v) is 7.65. The van der Waals surface area contributed by atoms with E-state index < -0.39 is 12.4 Å². The number of nitrogens with zero attached hydrogens (tertiary/aromatic N) is 2. The third-order valence-electron chi connectivity index (χ3n) is 3.88. The third kappa shape index (κ3) is 3.80. The van der Waals surface area contributed by atoms with Gasteiger partial charge in [-0.25, -0.2) is 9.18 Å². The van der Waals surface area contributed by atoms with E-state index in [9.17, 15) is 9.18 Å². The van der Waals surface area contributed by atoms with Gasteiger partial charge in [-0.15, -0.1) is 0 Å². The lowest BCUT2D eigenvalue weighted by molar-refractivity contribution is 0.0380. The van der Waals surface area contributed by atoms with E-state index in [0.717, 1.165) is 16.2 Å². The summed E-state index contributed by atoms with van der Waals surface area (Å²) in [6.07, 6.45) is -1.97. The molecule has 2 aromatic carbocycles. The molecule has 23 heavy (non-hydrogen) atoms. The Bertz CT molecular complexity index is 636. The quantitative estimate of drug-likeness (QED) is 0.814. The monoisotopic (exact) mass is 314 g/mol. The van der Waals surface area contributed by atoms with Gasteiger partial charge in [0, 0.05) is 18.8 Å². The zero-order valence-electron chi connectivity index (χ0n) is 12.8. The summed E-state index contributed by atoms with van der Waals surface area (Å²) in [5.74, 6) is 0. The van der Waals surface area contributed by atoms with Crippen LogP contribution in [-0.2, 0) is 11.3 Å². The first-order chi connectivity index (χ1) is 11.2. The average molecular weight is 314 g/mol. The summed E-state index contributed by atoms with van der Waals surface area (Å²) in [4.78, 5) is 15.2. The van der Waals surface area contributed by atoms with Gasteiger partial charge < -0.3 is 9.64 Å². The standard InChI is InChI=1S/C18H19FN2O2/c19-17-13-20(16-9-5-2-6-10-16)11-12-21(17)18(22)23-14-15-7-3-1-4-8-15/h1-10,17H,11-14H2. The van der Waals surface area contributed by atoms with Crippen molar-refractivity contribution in [2.75, 3.05) is 24.5 Å². The van der Waals surface area contributed by atoms with Gasteiger partial charge in [0.05, 0.1) is 6.54 Å². The van der Waals surface area contributed by atoms with Crippen molar-refractivity contribution in [1.82, 2.24) is 4.90 Å². The minimum atomic E-state index is -1.37.